The quantitative estimate of drug-likeness (QED) is 0.212. The van der Waals surface area contributed by atoms with E-state index in [0.717, 1.165) is 0 Å². The van der Waals surface area contributed by atoms with Gasteiger partial charge in [0.1, 0.15) is 0 Å². The Morgan fingerprint density at radius 1 is 0.667 bits per heavy atom. The van der Waals surface area contributed by atoms with Crippen LogP contribution in [-0.4, -0.2) is 45.9 Å². The van der Waals surface area contributed by atoms with E-state index in [1.807, 2.05) is 0 Å². The summed E-state index contributed by atoms with van der Waals surface area (Å²) >= 11 is 0. The Hall–Kier alpha value is -4.22. The van der Waals surface area contributed by atoms with E-state index in [1.165, 1.54) is 48.5 Å². The molecule has 2 saturated carbocycles. The third kappa shape index (κ3) is 6.02. The molecule has 2 aliphatic rings. The van der Waals surface area contributed by atoms with E-state index in [2.05, 4.69) is 0 Å². The molecule has 42 heavy (non-hydrogen) atoms. The maximum absolute atomic E-state index is 14.1. The molecule has 2 aromatic rings. The standard InChI is InChI=1S/C30H28F4O8/c31-27(32)15-13-21(17-27)29(25(37)38,19-7-3-1-4-8-19)41-23(35)11-12-24(36)42-30(26(39)40,20-9-5-2-6-10-20)22-14-16-28(33,34)18-22/h1-12,21-22H,13-18H2,(H,37,38)(H,39,40)/b12-11+/t21-,22-,29+,30+/m1/s1. The summed E-state index contributed by atoms with van der Waals surface area (Å²) in [4.78, 5) is 50.9. The number of hydrogen-bond donors (Lipinski definition) is 2. The molecule has 0 aliphatic heterocycles. The van der Waals surface area contributed by atoms with Crippen molar-refractivity contribution in [1.82, 2.24) is 0 Å². The molecule has 224 valence electrons. The van der Waals surface area contributed by atoms with Crippen LogP contribution in [0.5, 0.6) is 0 Å². The molecule has 0 heterocycles. The number of ether oxygens (including phenoxy) is 2. The largest absolute Gasteiger partial charge is 0.478 e. The van der Waals surface area contributed by atoms with Crippen molar-refractivity contribution in [2.24, 2.45) is 11.8 Å². The molecular weight excluding hydrogens is 564 g/mol. The molecule has 2 fully saturated rings. The highest BCUT2D eigenvalue weighted by Crippen LogP contribution is 2.51. The van der Waals surface area contributed by atoms with Gasteiger partial charge < -0.3 is 19.7 Å². The van der Waals surface area contributed by atoms with Gasteiger partial charge >= 0.3 is 23.9 Å². The van der Waals surface area contributed by atoms with Crippen LogP contribution in [0, 0.1) is 11.8 Å². The maximum atomic E-state index is 14.1. The Labute approximate surface area is 237 Å². The van der Waals surface area contributed by atoms with Crippen molar-refractivity contribution in [1.29, 1.82) is 0 Å². The predicted molar refractivity (Wildman–Crippen MR) is 137 cm³/mol. The summed E-state index contributed by atoms with van der Waals surface area (Å²) in [5, 5.41) is 20.3. The van der Waals surface area contributed by atoms with E-state index in [1.54, 1.807) is 12.1 Å². The van der Waals surface area contributed by atoms with Gasteiger partial charge in [-0.25, -0.2) is 36.7 Å². The van der Waals surface area contributed by atoms with Crippen molar-refractivity contribution in [2.45, 2.75) is 61.6 Å². The first-order valence-corrected chi connectivity index (χ1v) is 13.2. The van der Waals surface area contributed by atoms with Gasteiger partial charge in [-0.15, -0.1) is 0 Å². The second-order valence-electron chi connectivity index (χ2n) is 10.6. The van der Waals surface area contributed by atoms with Crippen LogP contribution in [0.25, 0.3) is 0 Å². The summed E-state index contributed by atoms with van der Waals surface area (Å²) in [6.07, 6.45) is -2.52. The summed E-state index contributed by atoms with van der Waals surface area (Å²) < 4.78 is 67.2. The number of esters is 2. The first kappa shape index (κ1) is 30.7. The zero-order valence-electron chi connectivity index (χ0n) is 22.2. The molecule has 0 radical (unpaired) electrons. The van der Waals surface area contributed by atoms with Crippen molar-refractivity contribution in [3.05, 3.63) is 83.9 Å². The lowest BCUT2D eigenvalue weighted by molar-refractivity contribution is -0.187. The minimum atomic E-state index is -3.18. The maximum Gasteiger partial charge on any atom is 0.353 e. The Balaban J connectivity index is 1.62. The van der Waals surface area contributed by atoms with E-state index < -0.39 is 84.4 Å². The number of benzene rings is 2. The van der Waals surface area contributed by atoms with Gasteiger partial charge in [0.2, 0.25) is 23.0 Å². The highest BCUT2D eigenvalue weighted by molar-refractivity contribution is 5.95. The number of alkyl halides is 4. The average molecular weight is 593 g/mol. The SMILES string of the molecule is O=C(/C=C/C(=O)O[C@@](C(=O)O)(c1ccccc1)[C@@H]1CCC(F)(F)C1)O[C@@](C(=O)O)(c1ccccc1)[C@@H]1CCC(F)(F)C1. The summed E-state index contributed by atoms with van der Waals surface area (Å²) in [5.41, 5.74) is -5.17. The average Bonchev–Trinajstić information content (AvgIpc) is 3.50. The molecule has 2 N–H and O–H groups in total. The molecule has 2 aromatic carbocycles. The van der Waals surface area contributed by atoms with Crippen LogP contribution in [0.2, 0.25) is 0 Å². The van der Waals surface area contributed by atoms with Crippen LogP contribution >= 0.6 is 0 Å². The van der Waals surface area contributed by atoms with E-state index in [0.29, 0.717) is 12.2 Å². The van der Waals surface area contributed by atoms with Crippen LogP contribution in [-0.2, 0) is 39.9 Å². The van der Waals surface area contributed by atoms with Crippen LogP contribution in [0.3, 0.4) is 0 Å². The zero-order chi connectivity index (χ0) is 30.8. The first-order valence-electron chi connectivity index (χ1n) is 13.2. The number of aliphatic carboxylic acids is 2. The lowest BCUT2D eigenvalue weighted by atomic mass is 9.79. The third-order valence-corrected chi connectivity index (χ3v) is 7.88. The van der Waals surface area contributed by atoms with Crippen LogP contribution in [0.1, 0.15) is 49.7 Å². The molecule has 4 rings (SSSR count). The Morgan fingerprint density at radius 2 is 1.00 bits per heavy atom. The first-order chi connectivity index (χ1) is 19.7. The van der Waals surface area contributed by atoms with E-state index >= 15 is 0 Å². The molecule has 0 saturated heterocycles. The third-order valence-electron chi connectivity index (χ3n) is 7.88. The van der Waals surface area contributed by atoms with E-state index in [-0.39, 0.29) is 24.0 Å². The number of carboxylic acid groups (broad SMARTS) is 2. The van der Waals surface area contributed by atoms with Gasteiger partial charge in [0.15, 0.2) is 0 Å². The number of carboxylic acids is 2. The predicted octanol–water partition coefficient (Wildman–Crippen LogP) is 5.46. The summed E-state index contributed by atoms with van der Waals surface area (Å²) in [6, 6.07) is 14.2. The molecule has 0 aromatic heterocycles. The van der Waals surface area contributed by atoms with Crippen molar-refractivity contribution in [3.63, 3.8) is 0 Å². The lowest BCUT2D eigenvalue weighted by Gasteiger charge is -2.35. The molecule has 4 atom stereocenters. The molecule has 8 nitrogen and oxygen atoms in total. The van der Waals surface area contributed by atoms with Crippen molar-refractivity contribution >= 4 is 23.9 Å². The topological polar surface area (TPSA) is 127 Å². The smallest absolute Gasteiger partial charge is 0.353 e. The number of carbonyl (C=O) groups excluding carboxylic acids is 2. The van der Waals surface area contributed by atoms with Crippen molar-refractivity contribution < 1.29 is 56.4 Å². The fraction of sp³-hybridized carbons (Fsp3) is 0.400. The Kier molecular flexibility index (Phi) is 8.47. The fourth-order valence-electron chi connectivity index (χ4n) is 5.93. The monoisotopic (exact) mass is 592 g/mol. The molecule has 0 unspecified atom stereocenters. The molecule has 0 bridgehead atoms. The van der Waals surface area contributed by atoms with Gasteiger partial charge in [-0.2, -0.15) is 0 Å². The summed E-state index contributed by atoms with van der Waals surface area (Å²) in [6.45, 7) is 0. The second kappa shape index (κ2) is 11.6. The summed E-state index contributed by atoms with van der Waals surface area (Å²) in [5.74, 6) is -15.2. The summed E-state index contributed by atoms with van der Waals surface area (Å²) in [7, 11) is 0. The molecule has 0 spiro atoms. The minimum absolute atomic E-state index is 0.0688. The Morgan fingerprint density at radius 3 is 1.26 bits per heavy atom. The van der Waals surface area contributed by atoms with Gasteiger partial charge in [0.05, 0.1) is 0 Å². The van der Waals surface area contributed by atoms with E-state index in [9.17, 15) is 47.0 Å². The molecular formula is C30H28F4O8. The second-order valence-corrected chi connectivity index (χ2v) is 10.6. The normalized spacial score (nSPS) is 23.9. The van der Waals surface area contributed by atoms with Crippen molar-refractivity contribution in [3.8, 4) is 0 Å². The number of hydrogen-bond acceptors (Lipinski definition) is 6. The minimum Gasteiger partial charge on any atom is -0.478 e. The zero-order valence-corrected chi connectivity index (χ0v) is 22.2. The van der Waals surface area contributed by atoms with Crippen LogP contribution in [0.4, 0.5) is 17.6 Å². The van der Waals surface area contributed by atoms with Crippen LogP contribution < -0.4 is 0 Å². The highest BCUT2D eigenvalue weighted by atomic mass is 19.3. The van der Waals surface area contributed by atoms with E-state index in [4.69, 9.17) is 9.47 Å². The molecule has 0 amide bonds. The van der Waals surface area contributed by atoms with Gasteiger partial charge in [0.25, 0.3) is 0 Å². The fourth-order valence-corrected chi connectivity index (χ4v) is 5.93. The van der Waals surface area contributed by atoms with Gasteiger partial charge in [-0.1, -0.05) is 60.7 Å². The number of rotatable bonds is 10. The Bertz CT molecular complexity index is 1260. The highest BCUT2D eigenvalue weighted by Gasteiger charge is 2.58. The van der Waals surface area contributed by atoms with Crippen LogP contribution in [0.15, 0.2) is 72.8 Å². The van der Waals surface area contributed by atoms with Gasteiger partial charge in [-0.05, 0) is 12.8 Å². The van der Waals surface area contributed by atoms with Crippen molar-refractivity contribution in [2.75, 3.05) is 0 Å². The van der Waals surface area contributed by atoms with Gasteiger partial charge in [-0.3, -0.25) is 0 Å². The van der Waals surface area contributed by atoms with Gasteiger partial charge in [0, 0.05) is 60.8 Å². The molecule has 12 heteroatoms. The lowest BCUT2D eigenvalue weighted by Crippen LogP contribution is -2.47. The molecule has 2 aliphatic carbocycles. The number of halogens is 4. The number of carbonyl (C=O) groups is 4.